The Balaban J connectivity index is 1.77. The quantitative estimate of drug-likeness (QED) is 0.749. The van der Waals surface area contributed by atoms with Gasteiger partial charge in [0, 0.05) is 44.0 Å². The summed E-state index contributed by atoms with van der Waals surface area (Å²) in [5, 5.41) is 12.2. The lowest BCUT2D eigenvalue weighted by Crippen LogP contribution is -2.48. The lowest BCUT2D eigenvalue weighted by atomic mass is 10.2. The molecule has 1 aromatic carbocycles. The average Bonchev–Trinajstić information content (AvgIpc) is 2.73. The molecule has 1 aromatic heterocycles. The number of carbonyl (C=O) groups is 2. The molecule has 146 valence electrons. The lowest BCUT2D eigenvalue weighted by Gasteiger charge is -2.35. The average molecular weight is 383 g/mol. The number of phenolic OH excluding ortho intramolecular Hbond substituents is 1. The van der Waals surface area contributed by atoms with E-state index < -0.39 is 5.91 Å². The highest BCUT2D eigenvalue weighted by Crippen LogP contribution is 2.20. The van der Waals surface area contributed by atoms with Crippen molar-refractivity contribution in [2.75, 3.05) is 43.5 Å². The van der Waals surface area contributed by atoms with Crippen molar-refractivity contribution >= 4 is 23.3 Å². The minimum absolute atomic E-state index is 0.0469. The summed E-state index contributed by atoms with van der Waals surface area (Å²) < 4.78 is 5.14. The summed E-state index contributed by atoms with van der Waals surface area (Å²) in [7, 11) is 1.43. The Morgan fingerprint density at radius 3 is 2.61 bits per heavy atom. The first kappa shape index (κ1) is 19.2. The number of aromatic hydroxyl groups is 1. The SMILES string of the molecule is C=CC(=O)N1CCN(c2cc(C(=O)Nc3cccc(O)c3)nc(OC)n2)CC1. The van der Waals surface area contributed by atoms with Crippen LogP contribution in [0.4, 0.5) is 11.5 Å². The second-order valence-corrected chi connectivity index (χ2v) is 6.12. The van der Waals surface area contributed by atoms with Crippen molar-refractivity contribution in [3.8, 4) is 11.8 Å². The number of nitrogens with zero attached hydrogens (tertiary/aromatic N) is 4. The summed E-state index contributed by atoms with van der Waals surface area (Å²) in [4.78, 5) is 36.4. The largest absolute Gasteiger partial charge is 0.508 e. The minimum Gasteiger partial charge on any atom is -0.508 e. The second-order valence-electron chi connectivity index (χ2n) is 6.12. The molecule has 9 nitrogen and oxygen atoms in total. The number of piperazine rings is 1. The van der Waals surface area contributed by atoms with E-state index in [1.807, 2.05) is 4.90 Å². The number of hydrogen-bond acceptors (Lipinski definition) is 7. The molecular weight excluding hydrogens is 362 g/mol. The number of carbonyl (C=O) groups excluding carboxylic acids is 2. The van der Waals surface area contributed by atoms with Gasteiger partial charge in [-0.1, -0.05) is 12.6 Å². The fraction of sp³-hybridized carbons (Fsp3) is 0.263. The van der Waals surface area contributed by atoms with E-state index in [0.29, 0.717) is 37.7 Å². The molecule has 0 bridgehead atoms. The van der Waals surface area contributed by atoms with E-state index in [4.69, 9.17) is 4.74 Å². The van der Waals surface area contributed by atoms with Gasteiger partial charge in [0.15, 0.2) is 0 Å². The van der Waals surface area contributed by atoms with Gasteiger partial charge in [0.25, 0.3) is 5.91 Å². The van der Waals surface area contributed by atoms with E-state index in [9.17, 15) is 14.7 Å². The molecule has 2 amide bonds. The number of anilines is 2. The molecule has 1 aliphatic rings. The van der Waals surface area contributed by atoms with Crippen molar-refractivity contribution in [1.29, 1.82) is 0 Å². The zero-order chi connectivity index (χ0) is 20.1. The lowest BCUT2D eigenvalue weighted by molar-refractivity contribution is -0.126. The van der Waals surface area contributed by atoms with Crippen molar-refractivity contribution < 1.29 is 19.4 Å². The molecule has 2 N–H and O–H groups in total. The molecule has 0 radical (unpaired) electrons. The van der Waals surface area contributed by atoms with E-state index in [2.05, 4.69) is 21.9 Å². The molecular formula is C19H21N5O4. The van der Waals surface area contributed by atoms with Crippen molar-refractivity contribution in [3.63, 3.8) is 0 Å². The van der Waals surface area contributed by atoms with Crippen molar-refractivity contribution in [3.05, 3.63) is 48.7 Å². The summed E-state index contributed by atoms with van der Waals surface area (Å²) in [6.07, 6.45) is 1.30. The summed E-state index contributed by atoms with van der Waals surface area (Å²) in [5.74, 6) is 0.0310. The van der Waals surface area contributed by atoms with Gasteiger partial charge in [0.1, 0.15) is 17.3 Å². The van der Waals surface area contributed by atoms with Crippen LogP contribution in [0.1, 0.15) is 10.5 Å². The van der Waals surface area contributed by atoms with Crippen LogP contribution < -0.4 is 15.0 Å². The zero-order valence-corrected chi connectivity index (χ0v) is 15.5. The molecule has 0 atom stereocenters. The topological polar surface area (TPSA) is 108 Å². The number of aromatic nitrogens is 2. The van der Waals surface area contributed by atoms with Crippen molar-refractivity contribution in [2.45, 2.75) is 0 Å². The number of ether oxygens (including phenoxy) is 1. The number of phenols is 1. The Morgan fingerprint density at radius 2 is 1.96 bits per heavy atom. The van der Waals surface area contributed by atoms with Crippen LogP contribution in [0.15, 0.2) is 43.0 Å². The molecule has 3 rings (SSSR count). The van der Waals surface area contributed by atoms with E-state index in [1.165, 1.54) is 25.3 Å². The zero-order valence-electron chi connectivity index (χ0n) is 15.5. The van der Waals surface area contributed by atoms with Gasteiger partial charge in [-0.3, -0.25) is 9.59 Å². The van der Waals surface area contributed by atoms with Gasteiger partial charge in [0.05, 0.1) is 7.11 Å². The highest BCUT2D eigenvalue weighted by Gasteiger charge is 2.22. The van der Waals surface area contributed by atoms with Gasteiger partial charge in [0.2, 0.25) is 5.91 Å². The minimum atomic E-state index is -0.451. The van der Waals surface area contributed by atoms with Crippen molar-refractivity contribution in [1.82, 2.24) is 14.9 Å². The molecule has 1 fully saturated rings. The molecule has 1 aliphatic heterocycles. The summed E-state index contributed by atoms with van der Waals surface area (Å²) in [6.45, 7) is 5.69. The standard InChI is InChI=1S/C19H21N5O4/c1-3-17(26)24-9-7-23(8-10-24)16-12-15(21-19(22-16)28-2)18(27)20-13-5-4-6-14(25)11-13/h3-6,11-12,25H,1,7-10H2,2H3,(H,20,27). The molecule has 2 aromatic rings. The maximum absolute atomic E-state index is 12.6. The van der Waals surface area contributed by atoms with Crippen molar-refractivity contribution in [2.24, 2.45) is 0 Å². The van der Waals surface area contributed by atoms with Crippen LogP contribution in [-0.2, 0) is 4.79 Å². The second kappa shape index (κ2) is 8.38. The van der Waals surface area contributed by atoms with E-state index in [0.717, 1.165) is 0 Å². The third-order valence-corrected chi connectivity index (χ3v) is 4.30. The van der Waals surface area contributed by atoms with Gasteiger partial charge in [-0.2, -0.15) is 9.97 Å². The first-order valence-corrected chi connectivity index (χ1v) is 8.70. The molecule has 0 aliphatic carbocycles. The molecule has 1 saturated heterocycles. The third kappa shape index (κ3) is 4.37. The monoisotopic (exact) mass is 383 g/mol. The maximum atomic E-state index is 12.6. The number of nitrogens with one attached hydrogen (secondary N) is 1. The Bertz CT molecular complexity index is 894. The number of methoxy groups -OCH3 is 1. The maximum Gasteiger partial charge on any atom is 0.318 e. The van der Waals surface area contributed by atoms with Crippen LogP contribution >= 0.6 is 0 Å². The molecule has 0 spiro atoms. The van der Waals surface area contributed by atoms with Crippen LogP contribution in [0.5, 0.6) is 11.8 Å². The number of amides is 2. The molecule has 0 unspecified atom stereocenters. The van der Waals surface area contributed by atoms with Gasteiger partial charge < -0.3 is 25.0 Å². The van der Waals surface area contributed by atoms with E-state index >= 15 is 0 Å². The smallest absolute Gasteiger partial charge is 0.318 e. The molecule has 9 heteroatoms. The Kier molecular flexibility index (Phi) is 5.73. The van der Waals surface area contributed by atoms with Gasteiger partial charge >= 0.3 is 6.01 Å². The predicted octanol–water partition coefficient (Wildman–Crippen LogP) is 1.28. The van der Waals surface area contributed by atoms with Gasteiger partial charge in [-0.25, -0.2) is 0 Å². The highest BCUT2D eigenvalue weighted by molar-refractivity contribution is 6.03. The molecule has 2 heterocycles. The first-order chi connectivity index (χ1) is 13.5. The summed E-state index contributed by atoms with van der Waals surface area (Å²) in [5.41, 5.74) is 0.579. The Morgan fingerprint density at radius 1 is 1.21 bits per heavy atom. The highest BCUT2D eigenvalue weighted by atomic mass is 16.5. The molecule has 0 saturated carbocycles. The third-order valence-electron chi connectivity index (χ3n) is 4.30. The fourth-order valence-corrected chi connectivity index (χ4v) is 2.85. The Hall–Kier alpha value is -3.62. The van der Waals surface area contributed by atoms with Gasteiger partial charge in [-0.15, -0.1) is 0 Å². The number of benzene rings is 1. The normalized spacial score (nSPS) is 13.8. The van der Waals surface area contributed by atoms with Crippen LogP contribution in [0.25, 0.3) is 0 Å². The van der Waals surface area contributed by atoms with E-state index in [1.54, 1.807) is 23.1 Å². The number of hydrogen-bond donors (Lipinski definition) is 2. The summed E-state index contributed by atoms with van der Waals surface area (Å²) >= 11 is 0. The van der Waals surface area contributed by atoms with E-state index in [-0.39, 0.29) is 23.4 Å². The summed E-state index contributed by atoms with van der Waals surface area (Å²) in [6, 6.07) is 7.88. The van der Waals surface area contributed by atoms with Crippen LogP contribution in [0, 0.1) is 0 Å². The molecule has 28 heavy (non-hydrogen) atoms. The fourth-order valence-electron chi connectivity index (χ4n) is 2.85. The Labute approximate surface area is 162 Å². The predicted molar refractivity (Wildman–Crippen MR) is 104 cm³/mol. The van der Waals surface area contributed by atoms with Crippen LogP contribution in [0.2, 0.25) is 0 Å². The van der Waals surface area contributed by atoms with Crippen LogP contribution in [-0.4, -0.2) is 65.1 Å². The van der Waals surface area contributed by atoms with Crippen LogP contribution in [0.3, 0.4) is 0 Å². The first-order valence-electron chi connectivity index (χ1n) is 8.70. The number of rotatable bonds is 5. The van der Waals surface area contributed by atoms with Gasteiger partial charge in [-0.05, 0) is 18.2 Å².